The molecule has 0 aliphatic rings. The van der Waals surface area contributed by atoms with Crippen LogP contribution in [-0.2, 0) is 16.4 Å². The van der Waals surface area contributed by atoms with Gasteiger partial charge in [0.25, 0.3) is 0 Å². The molecule has 5 nitrogen and oxygen atoms in total. The molecular weight excluding hydrogens is 226 g/mol. The van der Waals surface area contributed by atoms with Crippen LogP contribution in [0.4, 0.5) is 0 Å². The van der Waals surface area contributed by atoms with Crippen molar-refractivity contribution in [3.63, 3.8) is 0 Å². The first kappa shape index (κ1) is 13.1. The van der Waals surface area contributed by atoms with Crippen LogP contribution >= 0.6 is 0 Å². The van der Waals surface area contributed by atoms with Crippen LogP contribution in [-0.4, -0.2) is 31.7 Å². The molecule has 0 saturated carbocycles. The fourth-order valence-electron chi connectivity index (χ4n) is 1.13. The highest BCUT2D eigenvalue weighted by molar-refractivity contribution is 7.89. The van der Waals surface area contributed by atoms with E-state index >= 15 is 0 Å². The van der Waals surface area contributed by atoms with Crippen LogP contribution in [0.2, 0.25) is 0 Å². The summed E-state index contributed by atoms with van der Waals surface area (Å²) in [6, 6.07) is 3.44. The molecule has 0 fully saturated rings. The lowest BCUT2D eigenvalue weighted by Gasteiger charge is -2.08. The summed E-state index contributed by atoms with van der Waals surface area (Å²) in [5.74, 6) is 0.0731. The third-order valence-electron chi connectivity index (χ3n) is 2.03. The number of aryl methyl sites for hydroxylation is 1. The molecule has 0 aliphatic heterocycles. The Morgan fingerprint density at radius 1 is 1.44 bits per heavy atom. The number of nitrogens with zero attached hydrogens (tertiary/aromatic N) is 1. The largest absolute Gasteiger partial charge is 0.327 e. The van der Waals surface area contributed by atoms with Crippen LogP contribution in [0.5, 0.6) is 0 Å². The van der Waals surface area contributed by atoms with Gasteiger partial charge in [-0.15, -0.1) is 0 Å². The zero-order valence-electron chi connectivity index (χ0n) is 9.26. The van der Waals surface area contributed by atoms with Crippen LogP contribution < -0.4 is 10.5 Å². The van der Waals surface area contributed by atoms with Gasteiger partial charge in [-0.2, -0.15) is 0 Å². The smallest absolute Gasteiger partial charge is 0.211 e. The van der Waals surface area contributed by atoms with E-state index in [1.807, 2.05) is 0 Å². The topological polar surface area (TPSA) is 85.1 Å². The number of hydrogen-bond donors (Lipinski definition) is 2. The van der Waals surface area contributed by atoms with Gasteiger partial charge in [0, 0.05) is 25.0 Å². The van der Waals surface area contributed by atoms with E-state index in [2.05, 4.69) is 9.71 Å². The zero-order valence-corrected chi connectivity index (χ0v) is 10.1. The van der Waals surface area contributed by atoms with Gasteiger partial charge in [0.1, 0.15) is 0 Å². The van der Waals surface area contributed by atoms with E-state index in [0.29, 0.717) is 6.42 Å². The third kappa shape index (κ3) is 5.20. The van der Waals surface area contributed by atoms with E-state index in [-0.39, 0.29) is 18.3 Å². The van der Waals surface area contributed by atoms with Gasteiger partial charge in [0.2, 0.25) is 10.0 Å². The predicted molar refractivity (Wildman–Crippen MR) is 63.4 cm³/mol. The van der Waals surface area contributed by atoms with Crippen molar-refractivity contribution in [3.05, 3.63) is 30.1 Å². The van der Waals surface area contributed by atoms with E-state index in [4.69, 9.17) is 5.73 Å². The second-order valence-electron chi connectivity index (χ2n) is 3.75. The molecule has 1 atom stereocenters. The highest BCUT2D eigenvalue weighted by Gasteiger charge is 2.10. The van der Waals surface area contributed by atoms with Crippen molar-refractivity contribution in [2.45, 2.75) is 19.4 Å². The van der Waals surface area contributed by atoms with E-state index in [1.165, 1.54) is 0 Å². The zero-order chi connectivity index (χ0) is 12.0. The van der Waals surface area contributed by atoms with Crippen molar-refractivity contribution >= 4 is 10.0 Å². The number of rotatable bonds is 6. The Labute approximate surface area is 96.1 Å². The number of hydrogen-bond acceptors (Lipinski definition) is 4. The van der Waals surface area contributed by atoms with Gasteiger partial charge in [0.05, 0.1) is 5.75 Å². The fraction of sp³-hybridized carbons (Fsp3) is 0.500. The average Bonchev–Trinajstić information content (AvgIpc) is 2.26. The molecule has 1 unspecified atom stereocenters. The van der Waals surface area contributed by atoms with Gasteiger partial charge in [-0.05, 0) is 31.0 Å². The highest BCUT2D eigenvalue weighted by atomic mass is 32.2. The van der Waals surface area contributed by atoms with Crippen molar-refractivity contribution in [1.29, 1.82) is 0 Å². The van der Waals surface area contributed by atoms with Gasteiger partial charge in [-0.1, -0.05) is 0 Å². The monoisotopic (exact) mass is 243 g/mol. The second-order valence-corrected chi connectivity index (χ2v) is 5.68. The first-order chi connectivity index (χ1) is 7.49. The van der Waals surface area contributed by atoms with Gasteiger partial charge in [-0.25, -0.2) is 13.1 Å². The number of nitrogens with one attached hydrogen (secondary N) is 1. The number of sulfonamides is 1. The summed E-state index contributed by atoms with van der Waals surface area (Å²) in [7, 11) is -3.23. The maximum Gasteiger partial charge on any atom is 0.211 e. The summed E-state index contributed by atoms with van der Waals surface area (Å²) in [6.45, 7) is 2.03. The molecule has 90 valence electrons. The molecule has 0 aliphatic carbocycles. The van der Waals surface area contributed by atoms with Crippen LogP contribution in [0.15, 0.2) is 24.5 Å². The lowest BCUT2D eigenvalue weighted by Crippen LogP contribution is -2.36. The Hall–Kier alpha value is -0.980. The molecule has 0 amide bonds. The van der Waals surface area contributed by atoms with E-state index in [0.717, 1.165) is 5.56 Å². The summed E-state index contributed by atoms with van der Waals surface area (Å²) in [5.41, 5.74) is 6.43. The molecule has 6 heteroatoms. The van der Waals surface area contributed by atoms with E-state index < -0.39 is 10.0 Å². The summed E-state index contributed by atoms with van der Waals surface area (Å²) < 4.78 is 25.5. The molecule has 3 N–H and O–H groups in total. The van der Waals surface area contributed by atoms with Crippen molar-refractivity contribution in [2.75, 3.05) is 12.3 Å². The van der Waals surface area contributed by atoms with Crippen LogP contribution in [0.3, 0.4) is 0 Å². The minimum absolute atomic E-state index is 0.0731. The SMILES string of the molecule is CC(N)CNS(=O)(=O)CCc1ccncc1. The lowest BCUT2D eigenvalue weighted by molar-refractivity contribution is 0.573. The lowest BCUT2D eigenvalue weighted by atomic mass is 10.2. The fourth-order valence-corrected chi connectivity index (χ4v) is 2.30. The molecule has 0 bridgehead atoms. The van der Waals surface area contributed by atoms with Crippen molar-refractivity contribution in [2.24, 2.45) is 5.73 Å². The standard InChI is InChI=1S/C10H17N3O2S/c1-9(11)8-13-16(14,15)7-4-10-2-5-12-6-3-10/h2-3,5-6,9,13H,4,7-8,11H2,1H3. The van der Waals surface area contributed by atoms with E-state index in [1.54, 1.807) is 31.5 Å². The molecule has 0 aromatic carbocycles. The van der Waals surface area contributed by atoms with Crippen LogP contribution in [0.25, 0.3) is 0 Å². The first-order valence-electron chi connectivity index (χ1n) is 5.11. The Balaban J connectivity index is 2.42. The highest BCUT2D eigenvalue weighted by Crippen LogP contribution is 1.99. The summed E-state index contributed by atoms with van der Waals surface area (Å²) in [5, 5.41) is 0. The Morgan fingerprint density at radius 3 is 2.62 bits per heavy atom. The van der Waals surface area contributed by atoms with Crippen LogP contribution in [0, 0.1) is 0 Å². The molecule has 16 heavy (non-hydrogen) atoms. The second kappa shape index (κ2) is 5.93. The van der Waals surface area contributed by atoms with Crippen molar-refractivity contribution in [1.82, 2.24) is 9.71 Å². The molecule has 1 heterocycles. The van der Waals surface area contributed by atoms with E-state index in [9.17, 15) is 8.42 Å². The van der Waals surface area contributed by atoms with Gasteiger partial charge >= 0.3 is 0 Å². The number of nitrogens with two attached hydrogens (primary N) is 1. The minimum Gasteiger partial charge on any atom is -0.327 e. The normalized spacial score (nSPS) is 13.6. The maximum atomic E-state index is 11.5. The minimum atomic E-state index is -3.23. The summed E-state index contributed by atoms with van der Waals surface area (Å²) in [6.07, 6.45) is 3.78. The maximum absolute atomic E-state index is 11.5. The Morgan fingerprint density at radius 2 is 2.06 bits per heavy atom. The molecule has 1 aromatic rings. The van der Waals surface area contributed by atoms with Crippen molar-refractivity contribution in [3.8, 4) is 0 Å². The third-order valence-corrected chi connectivity index (χ3v) is 3.38. The molecule has 0 spiro atoms. The quantitative estimate of drug-likeness (QED) is 0.730. The molecule has 1 rings (SSSR count). The van der Waals surface area contributed by atoms with Gasteiger partial charge in [-0.3, -0.25) is 4.98 Å². The van der Waals surface area contributed by atoms with Crippen LogP contribution in [0.1, 0.15) is 12.5 Å². The predicted octanol–water partition coefficient (Wildman–Crippen LogP) is -0.109. The first-order valence-corrected chi connectivity index (χ1v) is 6.76. The van der Waals surface area contributed by atoms with Gasteiger partial charge in [0.15, 0.2) is 0 Å². The molecule has 0 saturated heterocycles. The van der Waals surface area contributed by atoms with Crippen molar-refractivity contribution < 1.29 is 8.42 Å². The number of pyridine rings is 1. The Kier molecular flexibility index (Phi) is 4.85. The molecule has 1 aromatic heterocycles. The van der Waals surface area contributed by atoms with Gasteiger partial charge < -0.3 is 5.73 Å². The summed E-state index contributed by atoms with van der Waals surface area (Å²) in [4.78, 5) is 3.87. The average molecular weight is 243 g/mol. The molecule has 0 radical (unpaired) electrons. The Bertz CT molecular complexity index is 403. The summed E-state index contributed by atoms with van der Waals surface area (Å²) >= 11 is 0. The molecular formula is C10H17N3O2S. The number of aromatic nitrogens is 1.